The minimum Gasteiger partial charge on any atom is -0.481 e. The minimum atomic E-state index is -0.765. The second-order valence-electron chi connectivity index (χ2n) is 4.43. The number of nitrogens with one attached hydrogen (secondary N) is 1. The number of hydrogen-bond donors (Lipinski definition) is 2. The zero-order valence-corrected chi connectivity index (χ0v) is 9.43. The summed E-state index contributed by atoms with van der Waals surface area (Å²) in [4.78, 5) is 22.2. The van der Waals surface area contributed by atoms with Gasteiger partial charge in [-0.05, 0) is 18.4 Å². The van der Waals surface area contributed by atoms with Crippen molar-refractivity contribution in [2.75, 3.05) is 0 Å². The second kappa shape index (κ2) is 4.99. The van der Waals surface area contributed by atoms with Crippen LogP contribution in [0.25, 0.3) is 0 Å². The van der Waals surface area contributed by atoms with Gasteiger partial charge in [0.2, 0.25) is 5.91 Å². The predicted octanol–water partition coefficient (Wildman–Crippen LogP) is 1.21. The topological polar surface area (TPSA) is 66.4 Å². The van der Waals surface area contributed by atoms with Gasteiger partial charge in [0, 0.05) is 6.04 Å². The smallest absolute Gasteiger partial charge is 0.306 e. The molecule has 4 heteroatoms. The largest absolute Gasteiger partial charge is 0.481 e. The Labute approximate surface area is 99.6 Å². The highest BCUT2D eigenvalue weighted by Gasteiger charge is 2.35. The molecule has 1 saturated carbocycles. The molecule has 0 atom stereocenters. The van der Waals surface area contributed by atoms with Crippen molar-refractivity contribution in [1.82, 2.24) is 5.32 Å². The molecular formula is C13H15NO3. The zero-order valence-electron chi connectivity index (χ0n) is 9.43. The van der Waals surface area contributed by atoms with E-state index in [9.17, 15) is 9.59 Å². The van der Waals surface area contributed by atoms with Crippen LogP contribution in [0.15, 0.2) is 30.3 Å². The molecule has 0 aromatic heterocycles. The molecule has 0 spiro atoms. The maximum Gasteiger partial charge on any atom is 0.306 e. The van der Waals surface area contributed by atoms with Crippen LogP contribution in [-0.4, -0.2) is 23.0 Å². The average Bonchev–Trinajstić information content (AvgIpc) is 2.23. The Morgan fingerprint density at radius 1 is 1.24 bits per heavy atom. The molecule has 0 saturated heterocycles. The standard InChI is InChI=1S/C13H15NO3/c15-12(6-9-4-2-1-3-5-9)14-11-7-10(8-11)13(16)17/h1-5,10-11H,6-8H2,(H,14,15)(H,16,17). The first-order valence-corrected chi connectivity index (χ1v) is 5.71. The first-order chi connectivity index (χ1) is 8.15. The highest BCUT2D eigenvalue weighted by Crippen LogP contribution is 2.27. The molecule has 17 heavy (non-hydrogen) atoms. The van der Waals surface area contributed by atoms with Gasteiger partial charge in [-0.2, -0.15) is 0 Å². The Morgan fingerprint density at radius 2 is 1.88 bits per heavy atom. The molecule has 4 nitrogen and oxygen atoms in total. The molecule has 0 bridgehead atoms. The normalized spacial score (nSPS) is 22.6. The summed E-state index contributed by atoms with van der Waals surface area (Å²) in [5.74, 6) is -1.08. The number of carboxylic acids is 1. The Morgan fingerprint density at radius 3 is 2.47 bits per heavy atom. The minimum absolute atomic E-state index is 0.0345. The molecule has 1 aromatic rings. The summed E-state index contributed by atoms with van der Waals surface area (Å²) in [5, 5.41) is 11.6. The number of carbonyl (C=O) groups is 2. The van der Waals surface area contributed by atoms with Gasteiger partial charge in [-0.1, -0.05) is 30.3 Å². The van der Waals surface area contributed by atoms with Crippen molar-refractivity contribution in [3.8, 4) is 0 Å². The SMILES string of the molecule is O=C(Cc1ccccc1)NC1CC(C(=O)O)C1. The Kier molecular flexibility index (Phi) is 3.42. The predicted molar refractivity (Wildman–Crippen MR) is 62.4 cm³/mol. The molecule has 2 N–H and O–H groups in total. The van der Waals surface area contributed by atoms with Crippen LogP contribution < -0.4 is 5.32 Å². The number of benzene rings is 1. The van der Waals surface area contributed by atoms with Crippen LogP contribution in [0.1, 0.15) is 18.4 Å². The summed E-state index contributed by atoms with van der Waals surface area (Å²) < 4.78 is 0. The molecule has 1 amide bonds. The fraction of sp³-hybridized carbons (Fsp3) is 0.385. The van der Waals surface area contributed by atoms with Crippen LogP contribution in [0.2, 0.25) is 0 Å². The molecule has 1 aromatic carbocycles. The Hall–Kier alpha value is -1.84. The van der Waals surface area contributed by atoms with Crippen molar-refractivity contribution in [2.24, 2.45) is 5.92 Å². The monoisotopic (exact) mass is 233 g/mol. The maximum atomic E-state index is 11.6. The van der Waals surface area contributed by atoms with Crippen LogP contribution in [0.5, 0.6) is 0 Å². The first-order valence-electron chi connectivity index (χ1n) is 5.71. The van der Waals surface area contributed by atoms with Gasteiger partial charge in [0.25, 0.3) is 0 Å². The first kappa shape index (κ1) is 11.6. The molecule has 1 aliphatic carbocycles. The van der Waals surface area contributed by atoms with Crippen molar-refractivity contribution in [3.63, 3.8) is 0 Å². The molecule has 0 heterocycles. The molecule has 0 unspecified atom stereocenters. The van der Waals surface area contributed by atoms with Gasteiger partial charge in [-0.3, -0.25) is 9.59 Å². The zero-order chi connectivity index (χ0) is 12.3. The van der Waals surface area contributed by atoms with Crippen molar-refractivity contribution < 1.29 is 14.7 Å². The van der Waals surface area contributed by atoms with Gasteiger partial charge < -0.3 is 10.4 Å². The van der Waals surface area contributed by atoms with Crippen molar-refractivity contribution in [1.29, 1.82) is 0 Å². The highest BCUT2D eigenvalue weighted by atomic mass is 16.4. The van der Waals surface area contributed by atoms with Crippen LogP contribution >= 0.6 is 0 Å². The van der Waals surface area contributed by atoms with Gasteiger partial charge in [-0.15, -0.1) is 0 Å². The lowest BCUT2D eigenvalue weighted by Crippen LogP contribution is -2.47. The van der Waals surface area contributed by atoms with E-state index in [0.29, 0.717) is 19.3 Å². The average molecular weight is 233 g/mol. The van der Waals surface area contributed by atoms with E-state index < -0.39 is 5.97 Å². The van der Waals surface area contributed by atoms with E-state index in [1.807, 2.05) is 30.3 Å². The number of carboxylic acid groups (broad SMARTS) is 1. The number of amides is 1. The number of hydrogen-bond acceptors (Lipinski definition) is 2. The van der Waals surface area contributed by atoms with Crippen molar-refractivity contribution in [3.05, 3.63) is 35.9 Å². The third-order valence-electron chi connectivity index (χ3n) is 3.06. The number of aliphatic carboxylic acids is 1. The molecule has 2 rings (SSSR count). The summed E-state index contributed by atoms with van der Waals surface area (Å²) in [6.07, 6.45) is 1.46. The van der Waals surface area contributed by atoms with E-state index in [0.717, 1.165) is 5.56 Å². The molecule has 0 aliphatic heterocycles. The Balaban J connectivity index is 1.74. The number of carbonyl (C=O) groups excluding carboxylic acids is 1. The summed E-state index contributed by atoms with van der Waals surface area (Å²) in [7, 11) is 0. The highest BCUT2D eigenvalue weighted by molar-refractivity contribution is 5.79. The van der Waals surface area contributed by atoms with Crippen molar-refractivity contribution >= 4 is 11.9 Å². The lowest BCUT2D eigenvalue weighted by molar-refractivity contribution is -0.146. The van der Waals surface area contributed by atoms with E-state index in [1.165, 1.54) is 0 Å². The Bertz CT molecular complexity index is 410. The molecule has 1 fully saturated rings. The van der Waals surface area contributed by atoms with Crippen molar-refractivity contribution in [2.45, 2.75) is 25.3 Å². The van der Waals surface area contributed by atoms with E-state index in [4.69, 9.17) is 5.11 Å². The van der Waals surface area contributed by atoms with E-state index in [1.54, 1.807) is 0 Å². The summed E-state index contributed by atoms with van der Waals surface area (Å²) in [6, 6.07) is 9.54. The van der Waals surface area contributed by atoms with Gasteiger partial charge >= 0.3 is 5.97 Å². The van der Waals surface area contributed by atoms with Gasteiger partial charge in [0.15, 0.2) is 0 Å². The van der Waals surface area contributed by atoms with Gasteiger partial charge in [-0.25, -0.2) is 0 Å². The summed E-state index contributed by atoms with van der Waals surface area (Å²) in [6.45, 7) is 0. The van der Waals surface area contributed by atoms with Gasteiger partial charge in [0.1, 0.15) is 0 Å². The fourth-order valence-corrected chi connectivity index (χ4v) is 2.00. The quantitative estimate of drug-likeness (QED) is 0.821. The van der Waals surface area contributed by atoms with E-state index >= 15 is 0 Å². The lowest BCUT2D eigenvalue weighted by Gasteiger charge is -2.32. The van der Waals surface area contributed by atoms with Crippen LogP contribution in [0, 0.1) is 5.92 Å². The van der Waals surface area contributed by atoms with Crippen LogP contribution in [0.4, 0.5) is 0 Å². The molecular weight excluding hydrogens is 218 g/mol. The third kappa shape index (κ3) is 3.06. The summed E-state index contributed by atoms with van der Waals surface area (Å²) in [5.41, 5.74) is 0.971. The molecule has 90 valence electrons. The lowest BCUT2D eigenvalue weighted by atomic mass is 9.80. The van der Waals surface area contributed by atoms with Crippen LogP contribution in [0.3, 0.4) is 0 Å². The van der Waals surface area contributed by atoms with E-state index in [-0.39, 0.29) is 17.9 Å². The second-order valence-corrected chi connectivity index (χ2v) is 4.43. The maximum absolute atomic E-state index is 11.6. The fourth-order valence-electron chi connectivity index (χ4n) is 2.00. The van der Waals surface area contributed by atoms with Gasteiger partial charge in [0.05, 0.1) is 12.3 Å². The number of rotatable bonds is 4. The van der Waals surface area contributed by atoms with Crippen LogP contribution in [-0.2, 0) is 16.0 Å². The summed E-state index contributed by atoms with van der Waals surface area (Å²) >= 11 is 0. The third-order valence-corrected chi connectivity index (χ3v) is 3.06. The van der Waals surface area contributed by atoms with E-state index in [2.05, 4.69) is 5.32 Å². The molecule has 0 radical (unpaired) electrons. The molecule has 1 aliphatic rings.